The van der Waals surface area contributed by atoms with E-state index in [0.717, 1.165) is 48.7 Å². The van der Waals surface area contributed by atoms with Crippen molar-refractivity contribution in [1.29, 1.82) is 0 Å². The van der Waals surface area contributed by atoms with Crippen LogP contribution in [0, 0.1) is 0 Å². The lowest BCUT2D eigenvalue weighted by Gasteiger charge is -2.05. The van der Waals surface area contributed by atoms with E-state index in [9.17, 15) is 0 Å². The fourth-order valence-corrected chi connectivity index (χ4v) is 1.98. The zero-order chi connectivity index (χ0) is 15.6. The van der Waals surface area contributed by atoms with Crippen LogP contribution in [-0.4, -0.2) is 13.2 Å². The number of rotatable bonds is 8. The Kier molecular flexibility index (Phi) is 6.56. The van der Waals surface area contributed by atoms with Gasteiger partial charge in [-0.25, -0.2) is 0 Å². The van der Waals surface area contributed by atoms with Crippen molar-refractivity contribution in [1.82, 2.24) is 0 Å². The van der Waals surface area contributed by atoms with E-state index in [2.05, 4.69) is 50.3 Å². The molecule has 0 unspecified atom stereocenters. The van der Waals surface area contributed by atoms with Crippen molar-refractivity contribution in [2.24, 2.45) is 0 Å². The molecule has 0 radical (unpaired) electrons. The fourth-order valence-electron chi connectivity index (χ4n) is 1.98. The van der Waals surface area contributed by atoms with Crippen molar-refractivity contribution in [3.8, 4) is 11.5 Å². The Balaban J connectivity index is 1.93. The minimum absolute atomic E-state index is 0.766. The molecule has 2 aromatic rings. The predicted molar refractivity (Wildman–Crippen MR) is 93.4 cm³/mol. The van der Waals surface area contributed by atoms with E-state index in [1.54, 1.807) is 0 Å². The smallest absolute Gasteiger partial charge is 0.119 e. The fraction of sp³-hybridized carbons (Fsp3) is 0.300. The first kappa shape index (κ1) is 16.2. The van der Waals surface area contributed by atoms with E-state index in [1.807, 2.05) is 24.3 Å². The van der Waals surface area contributed by atoms with Gasteiger partial charge in [0.2, 0.25) is 0 Å². The summed E-state index contributed by atoms with van der Waals surface area (Å²) in [5, 5.41) is 0. The second-order valence-electron chi connectivity index (χ2n) is 5.17. The van der Waals surface area contributed by atoms with Gasteiger partial charge in [0.15, 0.2) is 0 Å². The van der Waals surface area contributed by atoms with Gasteiger partial charge < -0.3 is 9.47 Å². The highest BCUT2D eigenvalue weighted by atomic mass is 16.5. The van der Waals surface area contributed by atoms with Crippen LogP contribution in [0.3, 0.4) is 0 Å². The molecule has 0 fully saturated rings. The maximum absolute atomic E-state index is 5.58. The molecule has 2 heteroatoms. The summed E-state index contributed by atoms with van der Waals surface area (Å²) in [6.07, 6.45) is 6.26. The summed E-state index contributed by atoms with van der Waals surface area (Å²) in [7, 11) is 0. The maximum atomic E-state index is 5.58. The van der Waals surface area contributed by atoms with Gasteiger partial charge in [-0.2, -0.15) is 0 Å². The second kappa shape index (κ2) is 8.93. The molecule has 0 atom stereocenters. The predicted octanol–water partition coefficient (Wildman–Crippen LogP) is 5.43. The molecule has 2 rings (SSSR count). The second-order valence-corrected chi connectivity index (χ2v) is 5.17. The zero-order valence-electron chi connectivity index (χ0n) is 13.4. The molecule has 0 aliphatic heterocycles. The van der Waals surface area contributed by atoms with Crippen molar-refractivity contribution in [2.45, 2.75) is 26.7 Å². The molecule has 0 spiro atoms. The van der Waals surface area contributed by atoms with Gasteiger partial charge in [-0.15, -0.1) is 0 Å². The normalized spacial score (nSPS) is 10.8. The topological polar surface area (TPSA) is 18.5 Å². The molecule has 2 aromatic carbocycles. The standard InChI is InChI=1S/C20H24O2/c1-3-15-21-19-11-7-17(8-12-19)5-6-18-9-13-20(14-10-18)22-16-4-2/h5-14H,3-4,15-16H2,1-2H3/b6-5+. The first-order valence-electron chi connectivity index (χ1n) is 7.95. The summed E-state index contributed by atoms with van der Waals surface area (Å²) in [5.74, 6) is 1.85. The lowest BCUT2D eigenvalue weighted by Crippen LogP contribution is -1.94. The average molecular weight is 296 g/mol. The van der Waals surface area contributed by atoms with Gasteiger partial charge in [-0.05, 0) is 48.2 Å². The van der Waals surface area contributed by atoms with Crippen molar-refractivity contribution < 1.29 is 9.47 Å². The van der Waals surface area contributed by atoms with Gasteiger partial charge in [0.05, 0.1) is 13.2 Å². The summed E-state index contributed by atoms with van der Waals surface area (Å²) in [5.41, 5.74) is 2.32. The molecule has 0 saturated carbocycles. The van der Waals surface area contributed by atoms with Crippen LogP contribution in [0.5, 0.6) is 11.5 Å². The van der Waals surface area contributed by atoms with E-state index >= 15 is 0 Å². The third-order valence-corrected chi connectivity index (χ3v) is 3.17. The lowest BCUT2D eigenvalue weighted by atomic mass is 10.1. The third kappa shape index (κ3) is 5.28. The summed E-state index contributed by atoms with van der Waals surface area (Å²) < 4.78 is 11.2. The van der Waals surface area contributed by atoms with Crippen LogP contribution < -0.4 is 9.47 Å². The van der Waals surface area contributed by atoms with Gasteiger partial charge in [0.1, 0.15) is 11.5 Å². The van der Waals surface area contributed by atoms with Crippen molar-refractivity contribution in [3.63, 3.8) is 0 Å². The first-order chi connectivity index (χ1) is 10.8. The van der Waals surface area contributed by atoms with Crippen LogP contribution in [0.25, 0.3) is 12.2 Å². The van der Waals surface area contributed by atoms with Gasteiger partial charge >= 0.3 is 0 Å². The molecule has 0 saturated heterocycles. The molecule has 0 aromatic heterocycles. The van der Waals surface area contributed by atoms with Gasteiger partial charge in [-0.1, -0.05) is 50.3 Å². The molecule has 0 amide bonds. The molecular formula is C20H24O2. The van der Waals surface area contributed by atoms with Gasteiger partial charge in [0, 0.05) is 0 Å². The largest absolute Gasteiger partial charge is 0.494 e. The number of benzene rings is 2. The van der Waals surface area contributed by atoms with Crippen LogP contribution in [0.2, 0.25) is 0 Å². The van der Waals surface area contributed by atoms with Crippen LogP contribution in [-0.2, 0) is 0 Å². The Morgan fingerprint density at radius 2 is 1.00 bits per heavy atom. The van der Waals surface area contributed by atoms with Crippen LogP contribution >= 0.6 is 0 Å². The average Bonchev–Trinajstić information content (AvgIpc) is 2.58. The highest BCUT2D eigenvalue weighted by Crippen LogP contribution is 2.17. The molecule has 22 heavy (non-hydrogen) atoms. The molecular weight excluding hydrogens is 272 g/mol. The molecule has 2 nitrogen and oxygen atoms in total. The van der Waals surface area contributed by atoms with Crippen LogP contribution in [0.4, 0.5) is 0 Å². The summed E-state index contributed by atoms with van der Waals surface area (Å²) >= 11 is 0. The quantitative estimate of drug-likeness (QED) is 0.604. The number of hydrogen-bond acceptors (Lipinski definition) is 2. The van der Waals surface area contributed by atoms with Crippen molar-refractivity contribution in [3.05, 3.63) is 59.7 Å². The van der Waals surface area contributed by atoms with E-state index in [4.69, 9.17) is 9.47 Å². The van der Waals surface area contributed by atoms with Crippen LogP contribution in [0.1, 0.15) is 37.8 Å². The molecule has 0 bridgehead atoms. The van der Waals surface area contributed by atoms with Gasteiger partial charge in [0.25, 0.3) is 0 Å². The first-order valence-corrected chi connectivity index (χ1v) is 7.95. The van der Waals surface area contributed by atoms with E-state index in [1.165, 1.54) is 0 Å². The van der Waals surface area contributed by atoms with Gasteiger partial charge in [-0.3, -0.25) is 0 Å². The van der Waals surface area contributed by atoms with Crippen molar-refractivity contribution >= 4 is 12.2 Å². The summed E-state index contributed by atoms with van der Waals surface area (Å²) in [6, 6.07) is 16.3. The monoisotopic (exact) mass is 296 g/mol. The summed E-state index contributed by atoms with van der Waals surface area (Å²) in [6.45, 7) is 5.74. The SMILES string of the molecule is CCCOc1ccc(/C=C/c2ccc(OCCC)cc2)cc1. The Morgan fingerprint density at radius 1 is 0.636 bits per heavy atom. The molecule has 0 aliphatic carbocycles. The van der Waals surface area contributed by atoms with E-state index in [-0.39, 0.29) is 0 Å². The Hall–Kier alpha value is -2.22. The summed E-state index contributed by atoms with van der Waals surface area (Å²) in [4.78, 5) is 0. The number of ether oxygens (including phenoxy) is 2. The molecule has 0 aliphatic rings. The Labute approximate surface area is 133 Å². The number of hydrogen-bond donors (Lipinski definition) is 0. The maximum Gasteiger partial charge on any atom is 0.119 e. The zero-order valence-corrected chi connectivity index (χ0v) is 13.4. The van der Waals surface area contributed by atoms with Crippen LogP contribution in [0.15, 0.2) is 48.5 Å². The van der Waals surface area contributed by atoms with E-state index < -0.39 is 0 Å². The van der Waals surface area contributed by atoms with Crippen molar-refractivity contribution in [2.75, 3.05) is 13.2 Å². The highest BCUT2D eigenvalue weighted by molar-refractivity contribution is 5.70. The Morgan fingerprint density at radius 3 is 1.32 bits per heavy atom. The highest BCUT2D eigenvalue weighted by Gasteiger charge is 1.94. The molecule has 116 valence electrons. The lowest BCUT2D eigenvalue weighted by molar-refractivity contribution is 0.317. The molecule has 0 N–H and O–H groups in total. The third-order valence-electron chi connectivity index (χ3n) is 3.17. The minimum Gasteiger partial charge on any atom is -0.494 e. The Bertz CT molecular complexity index is 514. The van der Waals surface area contributed by atoms with E-state index in [0.29, 0.717) is 0 Å². The molecule has 0 heterocycles. The minimum atomic E-state index is 0.766.